The van der Waals surface area contributed by atoms with E-state index in [2.05, 4.69) is 5.32 Å². The van der Waals surface area contributed by atoms with Gasteiger partial charge in [-0.25, -0.2) is 0 Å². The molecule has 2 aromatic rings. The predicted octanol–water partition coefficient (Wildman–Crippen LogP) is 2.14. The summed E-state index contributed by atoms with van der Waals surface area (Å²) in [7, 11) is 3.07. The van der Waals surface area contributed by atoms with Crippen LogP contribution in [-0.2, 0) is 26.5 Å². The van der Waals surface area contributed by atoms with E-state index < -0.39 is 16.6 Å². The van der Waals surface area contributed by atoms with Crippen molar-refractivity contribution in [3.8, 4) is 5.75 Å². The van der Waals surface area contributed by atoms with Crippen molar-refractivity contribution in [3.05, 3.63) is 63.2 Å². The number of carbonyl (C=O) groups excluding carboxylic acids is 2. The maximum atomic E-state index is 12.6. The number of anilines is 1. The van der Waals surface area contributed by atoms with E-state index in [1.54, 1.807) is 11.9 Å². The normalized spacial score (nSPS) is 16.7. The number of nitro benzene ring substituents is 1. The maximum Gasteiger partial charge on any atom is 0.311 e. The molecule has 168 valence electrons. The van der Waals surface area contributed by atoms with E-state index in [-0.39, 0.29) is 29.5 Å². The van der Waals surface area contributed by atoms with E-state index in [0.29, 0.717) is 26.1 Å². The van der Waals surface area contributed by atoms with Gasteiger partial charge in [-0.1, -0.05) is 6.07 Å². The zero-order valence-corrected chi connectivity index (χ0v) is 17.8. The summed E-state index contributed by atoms with van der Waals surface area (Å²) in [5.41, 5.74) is 2.42. The first kappa shape index (κ1) is 21.7. The number of amides is 2. The van der Waals surface area contributed by atoms with Gasteiger partial charge in [0.15, 0.2) is 11.5 Å². The number of nitrogens with zero attached hydrogens (tertiary/aromatic N) is 2. The van der Waals surface area contributed by atoms with E-state index in [0.717, 1.165) is 16.8 Å². The Labute approximate surface area is 184 Å². The number of fused-ring (bicyclic) bond motifs is 1. The third kappa shape index (κ3) is 3.90. The van der Waals surface area contributed by atoms with Gasteiger partial charge in [0.1, 0.15) is 0 Å². The fraction of sp³-hybridized carbons (Fsp3) is 0.364. The van der Waals surface area contributed by atoms with Gasteiger partial charge < -0.3 is 24.4 Å². The summed E-state index contributed by atoms with van der Waals surface area (Å²) in [4.78, 5) is 36.8. The minimum Gasteiger partial charge on any atom is -0.490 e. The molecule has 10 heteroatoms. The molecule has 0 atom stereocenters. The Bertz CT molecular complexity index is 1080. The van der Waals surface area contributed by atoms with E-state index in [4.69, 9.17) is 14.2 Å². The standard InChI is InChI=1S/C22H23N3O7/c1-24-17-5-4-16(11-15(17)13-20(24)26)22(31-9-10-32-22)7-8-23-21(27)14-3-6-19(30-2)18(12-14)25(28)29/h3-6,11-12H,7-10,13H2,1-2H3,(H,23,27). The second-order valence-corrected chi connectivity index (χ2v) is 7.57. The van der Waals surface area contributed by atoms with E-state index in [9.17, 15) is 19.7 Å². The number of methoxy groups -OCH3 is 1. The molecule has 2 heterocycles. The van der Waals surface area contributed by atoms with Crippen LogP contribution in [0.5, 0.6) is 5.75 Å². The van der Waals surface area contributed by atoms with Crippen molar-refractivity contribution in [1.29, 1.82) is 0 Å². The van der Waals surface area contributed by atoms with Crippen molar-refractivity contribution in [3.63, 3.8) is 0 Å². The van der Waals surface area contributed by atoms with Gasteiger partial charge in [0.05, 0.1) is 31.7 Å². The smallest absolute Gasteiger partial charge is 0.311 e. The van der Waals surface area contributed by atoms with Gasteiger partial charge in [0.2, 0.25) is 5.91 Å². The number of hydrogen-bond donors (Lipinski definition) is 1. The summed E-state index contributed by atoms with van der Waals surface area (Å²) < 4.78 is 16.8. The molecule has 2 aliphatic heterocycles. The number of carbonyl (C=O) groups is 2. The Kier molecular flexibility index (Phi) is 5.81. The van der Waals surface area contributed by atoms with Crippen LogP contribution in [0.15, 0.2) is 36.4 Å². The van der Waals surface area contributed by atoms with Crippen LogP contribution in [-0.4, -0.2) is 50.7 Å². The number of benzene rings is 2. The molecule has 0 bridgehead atoms. The minimum atomic E-state index is -1.03. The van der Waals surface area contributed by atoms with Gasteiger partial charge in [-0.05, 0) is 29.8 Å². The molecule has 0 unspecified atom stereocenters. The first-order valence-electron chi connectivity index (χ1n) is 10.1. The second kappa shape index (κ2) is 8.56. The van der Waals surface area contributed by atoms with Crippen molar-refractivity contribution >= 4 is 23.2 Å². The molecule has 1 saturated heterocycles. The molecule has 4 rings (SSSR count). The lowest BCUT2D eigenvalue weighted by Crippen LogP contribution is -2.34. The number of nitrogens with one attached hydrogen (secondary N) is 1. The van der Waals surface area contributed by atoms with Gasteiger partial charge in [-0.3, -0.25) is 19.7 Å². The number of ether oxygens (including phenoxy) is 3. The summed E-state index contributed by atoms with van der Waals surface area (Å²) >= 11 is 0. The monoisotopic (exact) mass is 441 g/mol. The van der Waals surface area contributed by atoms with Gasteiger partial charge in [-0.2, -0.15) is 0 Å². The second-order valence-electron chi connectivity index (χ2n) is 7.57. The van der Waals surface area contributed by atoms with E-state index >= 15 is 0 Å². The number of likely N-dealkylation sites (N-methyl/N-ethyl adjacent to an activating group) is 1. The highest BCUT2D eigenvalue weighted by Gasteiger charge is 2.39. The van der Waals surface area contributed by atoms with Crippen LogP contribution in [0.3, 0.4) is 0 Å². The predicted molar refractivity (Wildman–Crippen MR) is 114 cm³/mol. The van der Waals surface area contributed by atoms with E-state index in [1.807, 2.05) is 18.2 Å². The van der Waals surface area contributed by atoms with Crippen molar-refractivity contribution < 1.29 is 28.7 Å². The number of hydrogen-bond acceptors (Lipinski definition) is 7. The highest BCUT2D eigenvalue weighted by Crippen LogP contribution is 2.38. The molecule has 2 amide bonds. The van der Waals surface area contributed by atoms with Gasteiger partial charge in [-0.15, -0.1) is 0 Å². The first-order valence-corrected chi connectivity index (χ1v) is 10.1. The molecule has 0 aromatic heterocycles. The average Bonchev–Trinajstić information content (AvgIpc) is 3.38. The number of rotatable bonds is 7. The van der Waals surface area contributed by atoms with Crippen LogP contribution in [0.1, 0.15) is 27.9 Å². The topological polar surface area (TPSA) is 120 Å². The van der Waals surface area contributed by atoms with Gasteiger partial charge >= 0.3 is 5.69 Å². The summed E-state index contributed by atoms with van der Waals surface area (Å²) in [6, 6.07) is 9.69. The Morgan fingerprint density at radius 2 is 2.00 bits per heavy atom. The Balaban J connectivity index is 1.47. The lowest BCUT2D eigenvalue weighted by Gasteiger charge is -2.28. The quantitative estimate of drug-likeness (QED) is 0.516. The number of nitro groups is 1. The van der Waals surface area contributed by atoms with Crippen LogP contribution in [0.4, 0.5) is 11.4 Å². The van der Waals surface area contributed by atoms with Crippen LogP contribution >= 0.6 is 0 Å². The van der Waals surface area contributed by atoms with Crippen molar-refractivity contribution in [2.75, 3.05) is 38.8 Å². The Hall–Kier alpha value is -3.50. The molecule has 1 fully saturated rings. The fourth-order valence-electron chi connectivity index (χ4n) is 4.03. The van der Waals surface area contributed by atoms with Crippen molar-refractivity contribution in [2.45, 2.75) is 18.6 Å². The summed E-state index contributed by atoms with van der Waals surface area (Å²) in [6.45, 7) is 1.04. The lowest BCUT2D eigenvalue weighted by atomic mass is 9.98. The Morgan fingerprint density at radius 3 is 2.69 bits per heavy atom. The molecule has 10 nitrogen and oxygen atoms in total. The molecule has 0 saturated carbocycles. The maximum absolute atomic E-state index is 12.6. The molecule has 2 aliphatic rings. The third-order valence-electron chi connectivity index (χ3n) is 5.73. The molecule has 2 aromatic carbocycles. The highest BCUT2D eigenvalue weighted by molar-refractivity contribution is 6.01. The average molecular weight is 441 g/mol. The van der Waals surface area contributed by atoms with Crippen LogP contribution in [0.25, 0.3) is 0 Å². The SMILES string of the molecule is COc1ccc(C(=O)NCCC2(c3ccc4c(c3)CC(=O)N4C)OCCO2)cc1[N+](=O)[O-]. The molecule has 0 spiro atoms. The lowest BCUT2D eigenvalue weighted by molar-refractivity contribution is -0.385. The summed E-state index contributed by atoms with van der Waals surface area (Å²) in [5, 5.41) is 14.0. The zero-order chi connectivity index (χ0) is 22.9. The van der Waals surface area contributed by atoms with Gasteiger partial charge in [0, 0.05) is 42.9 Å². The van der Waals surface area contributed by atoms with Crippen LogP contribution < -0.4 is 15.0 Å². The largest absolute Gasteiger partial charge is 0.490 e. The molecule has 0 aliphatic carbocycles. The highest BCUT2D eigenvalue weighted by atomic mass is 16.7. The van der Waals surface area contributed by atoms with E-state index in [1.165, 1.54) is 25.3 Å². The van der Waals surface area contributed by atoms with Crippen LogP contribution in [0.2, 0.25) is 0 Å². The zero-order valence-electron chi connectivity index (χ0n) is 17.8. The third-order valence-corrected chi connectivity index (χ3v) is 5.73. The minimum absolute atomic E-state index is 0.0281. The molecule has 1 N–H and O–H groups in total. The summed E-state index contributed by atoms with van der Waals surface area (Å²) in [6.07, 6.45) is 0.655. The molecular weight excluding hydrogens is 418 g/mol. The van der Waals surface area contributed by atoms with Gasteiger partial charge in [0.25, 0.3) is 5.91 Å². The summed E-state index contributed by atoms with van der Waals surface area (Å²) in [5.74, 6) is -1.37. The first-order chi connectivity index (χ1) is 15.3. The molecule has 0 radical (unpaired) electrons. The molecular formula is C22H23N3O7. The Morgan fingerprint density at radius 1 is 1.25 bits per heavy atom. The molecule has 32 heavy (non-hydrogen) atoms. The van der Waals surface area contributed by atoms with Crippen molar-refractivity contribution in [1.82, 2.24) is 5.32 Å². The van der Waals surface area contributed by atoms with Crippen molar-refractivity contribution in [2.24, 2.45) is 0 Å². The fourth-order valence-corrected chi connectivity index (χ4v) is 4.03. The van der Waals surface area contributed by atoms with Crippen LogP contribution in [0, 0.1) is 10.1 Å².